The minimum absolute atomic E-state index is 0.0465. The Morgan fingerprint density at radius 2 is 1.87 bits per heavy atom. The molecular formula is C21H25F2N7O. The Morgan fingerprint density at radius 1 is 1.10 bits per heavy atom. The topological polar surface area (TPSA) is 81.9 Å². The molecule has 8 nitrogen and oxygen atoms in total. The van der Waals surface area contributed by atoms with Crippen molar-refractivity contribution in [1.82, 2.24) is 29.7 Å². The predicted molar refractivity (Wildman–Crippen MR) is 110 cm³/mol. The molecule has 3 aromatic rings. The van der Waals surface area contributed by atoms with Gasteiger partial charge in [-0.05, 0) is 26.7 Å². The largest absolute Gasteiger partial charge is 0.370 e. The number of morpholine rings is 1. The van der Waals surface area contributed by atoms with E-state index >= 15 is 0 Å². The highest BCUT2D eigenvalue weighted by Crippen LogP contribution is 2.45. The van der Waals surface area contributed by atoms with Gasteiger partial charge in [-0.25, -0.2) is 23.7 Å². The maximum atomic E-state index is 13.1. The van der Waals surface area contributed by atoms with Gasteiger partial charge in [0, 0.05) is 37.2 Å². The van der Waals surface area contributed by atoms with Gasteiger partial charge in [0.2, 0.25) is 12.4 Å². The Labute approximate surface area is 178 Å². The van der Waals surface area contributed by atoms with Crippen LogP contribution in [0.1, 0.15) is 47.5 Å². The van der Waals surface area contributed by atoms with E-state index in [9.17, 15) is 8.78 Å². The minimum Gasteiger partial charge on any atom is -0.370 e. The van der Waals surface area contributed by atoms with Crippen LogP contribution >= 0.6 is 0 Å². The summed E-state index contributed by atoms with van der Waals surface area (Å²) in [7, 11) is 1.87. The molecule has 0 amide bonds. The van der Waals surface area contributed by atoms with Crippen LogP contribution in [-0.2, 0) is 11.8 Å². The highest BCUT2D eigenvalue weighted by atomic mass is 19.3. The number of rotatable bonds is 4. The molecule has 5 rings (SSSR count). The summed E-state index contributed by atoms with van der Waals surface area (Å²) in [6.07, 6.45) is 2.15. The molecule has 4 heterocycles. The molecule has 31 heavy (non-hydrogen) atoms. The van der Waals surface area contributed by atoms with Crippen LogP contribution in [0.2, 0.25) is 0 Å². The number of hydrogen-bond donors (Lipinski definition) is 0. The van der Waals surface area contributed by atoms with Gasteiger partial charge in [-0.2, -0.15) is 10.1 Å². The second-order valence-corrected chi connectivity index (χ2v) is 8.49. The quantitative estimate of drug-likeness (QED) is 0.630. The number of aromatic nitrogens is 6. The molecule has 2 aliphatic rings. The van der Waals surface area contributed by atoms with E-state index in [1.807, 2.05) is 27.1 Å². The Hall–Kier alpha value is -2.75. The number of anilines is 1. The van der Waals surface area contributed by atoms with Crippen LogP contribution in [0.4, 0.5) is 14.7 Å². The zero-order valence-electron chi connectivity index (χ0n) is 17.8. The van der Waals surface area contributed by atoms with Crippen LogP contribution in [0, 0.1) is 19.8 Å². The van der Waals surface area contributed by atoms with Crippen molar-refractivity contribution >= 4 is 17.1 Å². The molecule has 0 N–H and O–H groups in total. The highest BCUT2D eigenvalue weighted by Gasteiger charge is 2.39. The third kappa shape index (κ3) is 3.73. The molecule has 1 atom stereocenters. The van der Waals surface area contributed by atoms with Crippen LogP contribution in [-0.4, -0.2) is 55.8 Å². The van der Waals surface area contributed by atoms with Gasteiger partial charge in [0.25, 0.3) is 0 Å². The second-order valence-electron chi connectivity index (χ2n) is 8.49. The summed E-state index contributed by atoms with van der Waals surface area (Å²) in [5.74, 6) is -0.0659. The lowest BCUT2D eigenvalue weighted by atomic mass is 9.73. The van der Waals surface area contributed by atoms with Gasteiger partial charge in [0.05, 0.1) is 36.4 Å². The number of nitrogens with zero attached hydrogens (tertiary/aromatic N) is 7. The first kappa shape index (κ1) is 20.2. The van der Waals surface area contributed by atoms with Gasteiger partial charge in [0.1, 0.15) is 11.6 Å². The SMILES string of the molecule is Cc1nc2nc(N3CCO[C@@H](c4cnn(C)c4)C3)nc(C3CC(C(F)F)C3)c2nc1C. The van der Waals surface area contributed by atoms with E-state index < -0.39 is 12.3 Å². The number of hydrogen-bond acceptors (Lipinski definition) is 7. The molecule has 1 aliphatic heterocycles. The van der Waals surface area contributed by atoms with Gasteiger partial charge in [0.15, 0.2) is 5.65 Å². The third-order valence-electron chi connectivity index (χ3n) is 6.32. The highest BCUT2D eigenvalue weighted by molar-refractivity contribution is 5.75. The normalized spacial score (nSPS) is 24.1. The molecule has 10 heteroatoms. The summed E-state index contributed by atoms with van der Waals surface area (Å²) >= 11 is 0. The first-order chi connectivity index (χ1) is 14.9. The molecule has 2 fully saturated rings. The predicted octanol–water partition coefficient (Wildman–Crippen LogP) is 3.11. The average Bonchev–Trinajstić information content (AvgIpc) is 3.14. The third-order valence-corrected chi connectivity index (χ3v) is 6.32. The van der Waals surface area contributed by atoms with Crippen molar-refractivity contribution in [2.75, 3.05) is 24.6 Å². The number of alkyl halides is 2. The van der Waals surface area contributed by atoms with Crippen molar-refractivity contribution in [2.45, 2.75) is 45.1 Å². The van der Waals surface area contributed by atoms with Crippen molar-refractivity contribution in [1.29, 1.82) is 0 Å². The van der Waals surface area contributed by atoms with Crippen molar-refractivity contribution in [3.8, 4) is 0 Å². The lowest BCUT2D eigenvalue weighted by Gasteiger charge is -2.36. The first-order valence-electron chi connectivity index (χ1n) is 10.5. The van der Waals surface area contributed by atoms with Crippen LogP contribution in [0.3, 0.4) is 0 Å². The van der Waals surface area contributed by atoms with Crippen LogP contribution in [0.15, 0.2) is 12.4 Å². The van der Waals surface area contributed by atoms with Crippen molar-refractivity contribution in [3.63, 3.8) is 0 Å². The molecule has 0 spiro atoms. The van der Waals surface area contributed by atoms with Crippen LogP contribution in [0.5, 0.6) is 0 Å². The Balaban J connectivity index is 1.50. The fourth-order valence-electron chi connectivity index (χ4n) is 4.28. The first-order valence-corrected chi connectivity index (χ1v) is 10.5. The number of aryl methyl sites for hydroxylation is 3. The molecule has 164 valence electrons. The molecule has 0 radical (unpaired) electrons. The fourth-order valence-corrected chi connectivity index (χ4v) is 4.28. The Kier molecular flexibility index (Phi) is 5.04. The summed E-state index contributed by atoms with van der Waals surface area (Å²) in [6.45, 7) is 5.55. The minimum atomic E-state index is -2.29. The van der Waals surface area contributed by atoms with E-state index in [1.54, 1.807) is 10.9 Å². The van der Waals surface area contributed by atoms with Gasteiger partial charge in [-0.1, -0.05) is 0 Å². The lowest BCUT2D eigenvalue weighted by Crippen LogP contribution is -2.39. The molecule has 1 saturated heterocycles. The van der Waals surface area contributed by atoms with Gasteiger partial charge < -0.3 is 9.64 Å². The van der Waals surface area contributed by atoms with Crippen molar-refractivity contribution in [2.24, 2.45) is 13.0 Å². The van der Waals surface area contributed by atoms with Crippen LogP contribution < -0.4 is 4.90 Å². The molecule has 3 aromatic heterocycles. The Morgan fingerprint density at radius 3 is 2.58 bits per heavy atom. The summed E-state index contributed by atoms with van der Waals surface area (Å²) in [5.41, 5.74) is 4.49. The van der Waals surface area contributed by atoms with E-state index in [0.717, 1.165) is 22.6 Å². The van der Waals surface area contributed by atoms with Crippen LogP contribution in [0.25, 0.3) is 11.2 Å². The van der Waals surface area contributed by atoms with Gasteiger partial charge in [-0.15, -0.1) is 0 Å². The maximum Gasteiger partial charge on any atom is 0.241 e. The molecular weight excluding hydrogens is 404 g/mol. The zero-order chi connectivity index (χ0) is 21.7. The molecule has 0 unspecified atom stereocenters. The lowest BCUT2D eigenvalue weighted by molar-refractivity contribution is 0.0220. The number of fused-ring (bicyclic) bond motifs is 1. The maximum absolute atomic E-state index is 13.1. The smallest absolute Gasteiger partial charge is 0.241 e. The standard InChI is InChI=1S/C21H25F2N7O/c1-11-12(2)26-20-18(25-11)17(13-6-14(7-13)19(22)23)27-21(28-20)30-4-5-31-16(10-30)15-8-24-29(3)9-15/h8-9,13-14,16,19H,4-7,10H2,1-3H3/t13?,14?,16-/m1/s1. The monoisotopic (exact) mass is 429 g/mol. The van der Waals surface area contributed by atoms with Crippen molar-refractivity contribution in [3.05, 3.63) is 35.0 Å². The van der Waals surface area contributed by atoms with Crippen molar-refractivity contribution < 1.29 is 13.5 Å². The average molecular weight is 429 g/mol. The molecule has 1 saturated carbocycles. The van der Waals surface area contributed by atoms with Gasteiger partial charge in [-0.3, -0.25) is 4.68 Å². The molecule has 0 bridgehead atoms. The summed E-state index contributed by atoms with van der Waals surface area (Å²) < 4.78 is 33.9. The van der Waals surface area contributed by atoms with E-state index in [0.29, 0.717) is 49.7 Å². The Bertz CT molecular complexity index is 1110. The number of halogens is 2. The molecule has 0 aromatic carbocycles. The summed E-state index contributed by atoms with van der Waals surface area (Å²) in [5, 5.41) is 4.23. The van der Waals surface area contributed by atoms with E-state index in [1.165, 1.54) is 0 Å². The number of ether oxygens (including phenoxy) is 1. The fraction of sp³-hybridized carbons (Fsp3) is 0.571. The van der Waals surface area contributed by atoms with Gasteiger partial charge >= 0.3 is 0 Å². The molecule has 1 aliphatic carbocycles. The van der Waals surface area contributed by atoms with E-state index in [-0.39, 0.29) is 12.0 Å². The second kappa shape index (κ2) is 7.74. The van der Waals surface area contributed by atoms with E-state index in [4.69, 9.17) is 14.7 Å². The summed E-state index contributed by atoms with van der Waals surface area (Å²) in [6, 6.07) is 0. The zero-order valence-corrected chi connectivity index (χ0v) is 17.8. The summed E-state index contributed by atoms with van der Waals surface area (Å²) in [4.78, 5) is 20.9. The van der Waals surface area contributed by atoms with E-state index in [2.05, 4.69) is 20.0 Å².